The molecule has 6 heteroatoms. The van der Waals surface area contributed by atoms with E-state index in [-0.39, 0.29) is 0 Å². The lowest BCUT2D eigenvalue weighted by atomic mass is 10.2. The van der Waals surface area contributed by atoms with Crippen LogP contribution in [0.3, 0.4) is 0 Å². The van der Waals surface area contributed by atoms with Gasteiger partial charge in [0.25, 0.3) is 0 Å². The smallest absolute Gasteiger partial charge is 0.371 e. The topological polar surface area (TPSA) is 35.5 Å². The molecule has 0 amide bonds. The molecule has 1 saturated heterocycles. The largest absolute Gasteiger partial charge is 0.575 e. The molecule has 1 heterocycles. The Morgan fingerprint density at radius 2 is 2.17 bits per heavy atom. The molecule has 0 saturated carbocycles. The molecular formula is C6H7F3O3. The van der Waals surface area contributed by atoms with Gasteiger partial charge in [0.2, 0.25) is 0 Å². The predicted molar refractivity (Wildman–Crippen MR) is 31.1 cm³/mol. The highest BCUT2D eigenvalue weighted by molar-refractivity contribution is 5.75. The number of carbonyl (C=O) groups excluding carboxylic acids is 1. The van der Waals surface area contributed by atoms with Crippen molar-refractivity contribution in [2.75, 3.05) is 6.61 Å². The third-order valence-corrected chi connectivity index (χ3v) is 1.41. The first-order valence-corrected chi connectivity index (χ1v) is 3.40. The number of ether oxygens (including phenoxy) is 2. The molecule has 3 nitrogen and oxygen atoms in total. The van der Waals surface area contributed by atoms with E-state index in [2.05, 4.69) is 9.47 Å². The minimum Gasteiger partial charge on any atom is -0.371 e. The Kier molecular flexibility index (Phi) is 2.56. The van der Waals surface area contributed by atoms with E-state index in [9.17, 15) is 18.0 Å². The lowest BCUT2D eigenvalue weighted by Gasteiger charge is -2.10. The van der Waals surface area contributed by atoms with E-state index >= 15 is 0 Å². The van der Waals surface area contributed by atoms with Crippen LogP contribution in [0.5, 0.6) is 0 Å². The summed E-state index contributed by atoms with van der Waals surface area (Å²) >= 11 is 0. The maximum Gasteiger partial charge on any atom is 0.575 e. The molecule has 70 valence electrons. The standard InChI is InChI=1S/C6H7F3O3/c7-6(8,9)12-5(10)4-2-1-3-11-4/h4H,1-3H2. The molecule has 0 N–H and O–H groups in total. The van der Waals surface area contributed by atoms with Crippen molar-refractivity contribution >= 4 is 5.97 Å². The van der Waals surface area contributed by atoms with Crippen LogP contribution in [-0.2, 0) is 14.3 Å². The van der Waals surface area contributed by atoms with Gasteiger partial charge < -0.3 is 9.47 Å². The molecule has 0 aromatic rings. The van der Waals surface area contributed by atoms with Crippen LogP contribution in [0.1, 0.15) is 12.8 Å². The number of esters is 1. The van der Waals surface area contributed by atoms with Crippen LogP contribution in [0.4, 0.5) is 13.2 Å². The van der Waals surface area contributed by atoms with Gasteiger partial charge in [0.15, 0.2) is 6.10 Å². The molecule has 1 atom stereocenters. The van der Waals surface area contributed by atoms with E-state index in [4.69, 9.17) is 0 Å². The van der Waals surface area contributed by atoms with Gasteiger partial charge in [-0.1, -0.05) is 0 Å². The molecule has 0 radical (unpaired) electrons. The highest BCUT2D eigenvalue weighted by Crippen LogP contribution is 2.21. The normalized spacial score (nSPS) is 24.1. The van der Waals surface area contributed by atoms with Gasteiger partial charge in [-0.2, -0.15) is 0 Å². The molecule has 1 aliphatic rings. The van der Waals surface area contributed by atoms with Crippen LogP contribution in [0, 0.1) is 0 Å². The Hall–Kier alpha value is -0.780. The van der Waals surface area contributed by atoms with Crippen molar-refractivity contribution in [3.05, 3.63) is 0 Å². The van der Waals surface area contributed by atoms with Crippen molar-refractivity contribution in [1.82, 2.24) is 0 Å². The molecule has 0 aromatic carbocycles. The van der Waals surface area contributed by atoms with Gasteiger partial charge in [-0.25, -0.2) is 4.79 Å². The molecule has 12 heavy (non-hydrogen) atoms. The summed E-state index contributed by atoms with van der Waals surface area (Å²) in [6.45, 7) is 0.317. The quantitative estimate of drug-likeness (QED) is 0.575. The van der Waals surface area contributed by atoms with Crippen molar-refractivity contribution < 1.29 is 27.4 Å². The third-order valence-electron chi connectivity index (χ3n) is 1.41. The first-order valence-electron chi connectivity index (χ1n) is 3.40. The maximum atomic E-state index is 11.5. The fourth-order valence-electron chi connectivity index (χ4n) is 0.943. The van der Waals surface area contributed by atoms with Gasteiger partial charge in [-0.3, -0.25) is 0 Å². The zero-order valence-electron chi connectivity index (χ0n) is 6.06. The first kappa shape index (κ1) is 9.31. The lowest BCUT2D eigenvalue weighted by Crippen LogP contribution is -2.28. The van der Waals surface area contributed by atoms with Crippen LogP contribution in [0.15, 0.2) is 0 Å². The Morgan fingerprint density at radius 3 is 2.58 bits per heavy atom. The second-order valence-corrected chi connectivity index (χ2v) is 2.37. The van der Waals surface area contributed by atoms with E-state index < -0.39 is 18.4 Å². The van der Waals surface area contributed by atoms with Crippen molar-refractivity contribution in [2.45, 2.75) is 25.3 Å². The van der Waals surface area contributed by atoms with Crippen molar-refractivity contribution in [3.8, 4) is 0 Å². The van der Waals surface area contributed by atoms with Crippen molar-refractivity contribution in [3.63, 3.8) is 0 Å². The third kappa shape index (κ3) is 2.69. The Morgan fingerprint density at radius 1 is 1.50 bits per heavy atom. The highest BCUT2D eigenvalue weighted by atomic mass is 19.4. The van der Waals surface area contributed by atoms with Crippen LogP contribution in [0.25, 0.3) is 0 Å². The number of hydrogen-bond donors (Lipinski definition) is 0. The number of carbonyl (C=O) groups is 1. The number of rotatable bonds is 1. The zero-order valence-corrected chi connectivity index (χ0v) is 6.06. The molecule has 1 rings (SSSR count). The molecular weight excluding hydrogens is 177 g/mol. The second-order valence-electron chi connectivity index (χ2n) is 2.37. The van der Waals surface area contributed by atoms with E-state index in [0.29, 0.717) is 19.4 Å². The second kappa shape index (κ2) is 3.30. The minimum absolute atomic E-state index is 0.301. The summed E-state index contributed by atoms with van der Waals surface area (Å²) in [6.07, 6.45) is -5.04. The molecule has 0 bridgehead atoms. The van der Waals surface area contributed by atoms with E-state index in [0.717, 1.165) is 0 Å². The number of halogens is 3. The highest BCUT2D eigenvalue weighted by Gasteiger charge is 2.38. The summed E-state index contributed by atoms with van der Waals surface area (Å²) < 4.78 is 42.2. The van der Waals surface area contributed by atoms with Gasteiger partial charge in [-0.15, -0.1) is 13.2 Å². The van der Waals surface area contributed by atoms with Gasteiger partial charge in [0.1, 0.15) is 0 Å². The van der Waals surface area contributed by atoms with Gasteiger partial charge in [0.05, 0.1) is 0 Å². The average Bonchev–Trinajstić information content (AvgIpc) is 2.32. The fourth-order valence-corrected chi connectivity index (χ4v) is 0.943. The Bertz CT molecular complexity index is 171. The van der Waals surface area contributed by atoms with Crippen LogP contribution < -0.4 is 0 Å². The number of hydrogen-bond acceptors (Lipinski definition) is 3. The van der Waals surface area contributed by atoms with Gasteiger partial charge in [-0.05, 0) is 12.8 Å². The molecule has 1 aliphatic heterocycles. The SMILES string of the molecule is O=C(OC(F)(F)F)C1CCCO1. The zero-order chi connectivity index (χ0) is 9.19. The van der Waals surface area contributed by atoms with Crippen molar-refractivity contribution in [2.24, 2.45) is 0 Å². The van der Waals surface area contributed by atoms with Gasteiger partial charge >= 0.3 is 12.3 Å². The van der Waals surface area contributed by atoms with E-state index in [1.165, 1.54) is 0 Å². The lowest BCUT2D eigenvalue weighted by molar-refractivity contribution is -0.309. The maximum absolute atomic E-state index is 11.5. The Labute approximate surface area is 66.4 Å². The fraction of sp³-hybridized carbons (Fsp3) is 0.833. The monoisotopic (exact) mass is 184 g/mol. The summed E-state index contributed by atoms with van der Waals surface area (Å²) in [5.41, 5.74) is 0. The van der Waals surface area contributed by atoms with E-state index in [1.807, 2.05) is 0 Å². The van der Waals surface area contributed by atoms with Gasteiger partial charge in [0, 0.05) is 6.61 Å². The summed E-state index contributed by atoms with van der Waals surface area (Å²) in [7, 11) is 0. The van der Waals surface area contributed by atoms with Crippen LogP contribution in [-0.4, -0.2) is 25.0 Å². The minimum atomic E-state index is -4.90. The van der Waals surface area contributed by atoms with Crippen molar-refractivity contribution in [1.29, 1.82) is 0 Å². The summed E-state index contributed by atoms with van der Waals surface area (Å²) in [4.78, 5) is 10.6. The molecule has 0 spiro atoms. The number of alkyl halides is 3. The molecule has 0 aromatic heterocycles. The average molecular weight is 184 g/mol. The summed E-state index contributed by atoms with van der Waals surface area (Å²) in [6, 6.07) is 0. The molecule has 1 fully saturated rings. The molecule has 1 unspecified atom stereocenters. The molecule has 0 aliphatic carbocycles. The summed E-state index contributed by atoms with van der Waals surface area (Å²) in [5.74, 6) is -1.35. The van der Waals surface area contributed by atoms with E-state index in [1.54, 1.807) is 0 Å². The van der Waals surface area contributed by atoms with Crippen LogP contribution >= 0.6 is 0 Å². The van der Waals surface area contributed by atoms with Crippen LogP contribution in [0.2, 0.25) is 0 Å². The predicted octanol–water partition coefficient (Wildman–Crippen LogP) is 1.23. The first-order chi connectivity index (χ1) is 5.49. The summed E-state index contributed by atoms with van der Waals surface area (Å²) in [5, 5.41) is 0. The Balaban J connectivity index is 2.37.